The molecular formula is C79H92Br2ClO28P. The Balaban J connectivity index is 0.000000114. The second-order valence-electron chi connectivity index (χ2n) is 33.3. The summed E-state index contributed by atoms with van der Waals surface area (Å²) < 4.78 is 108. The topological polar surface area (TPSA) is 332 Å². The molecule has 11 saturated heterocycles. The van der Waals surface area contributed by atoms with Crippen LogP contribution < -0.4 is 15.9 Å². The molecule has 0 aromatic heterocycles. The van der Waals surface area contributed by atoms with E-state index in [1.54, 1.807) is 0 Å². The zero-order chi connectivity index (χ0) is 79.0. The minimum absolute atomic E-state index is 0.00799. The summed E-state index contributed by atoms with van der Waals surface area (Å²) in [5.41, 5.74) is -4.91. The second kappa shape index (κ2) is 29.4. The number of ether oxygens (including phenoxy) is 19. The summed E-state index contributed by atoms with van der Waals surface area (Å²) >= 11 is 10.6. The summed E-state index contributed by atoms with van der Waals surface area (Å²) in [5.74, 6) is -3.42. The Morgan fingerprint density at radius 3 is 1.27 bits per heavy atom. The number of halogens is 3. The van der Waals surface area contributed by atoms with Crippen molar-refractivity contribution in [2.75, 3.05) is 10.7 Å². The van der Waals surface area contributed by atoms with Gasteiger partial charge in [-0.3, -0.25) is 19.2 Å². The van der Waals surface area contributed by atoms with Gasteiger partial charge in [-0.05, 0) is 104 Å². The third-order valence-electron chi connectivity index (χ3n) is 22.9. The summed E-state index contributed by atoms with van der Waals surface area (Å²) in [4.78, 5) is 93.6. The molecule has 16 fully saturated rings. The van der Waals surface area contributed by atoms with E-state index in [1.165, 1.54) is 6.08 Å². The van der Waals surface area contributed by atoms with Gasteiger partial charge in [-0.15, -0.1) is 0 Å². The third-order valence-corrected chi connectivity index (χ3v) is 28.4. The number of hydrogen-bond acceptors (Lipinski definition) is 28. The van der Waals surface area contributed by atoms with Crippen molar-refractivity contribution in [3.63, 3.8) is 0 Å². The lowest BCUT2D eigenvalue weighted by molar-refractivity contribution is -0.181. The Labute approximate surface area is 663 Å². The molecule has 5 saturated carbocycles. The van der Waals surface area contributed by atoms with Crippen molar-refractivity contribution >= 4 is 119 Å². The molecule has 17 aliphatic rings. The van der Waals surface area contributed by atoms with E-state index >= 15 is 0 Å². The van der Waals surface area contributed by atoms with E-state index < -0.39 is 106 Å². The Kier molecular flexibility index (Phi) is 21.3. The van der Waals surface area contributed by atoms with E-state index in [0.29, 0.717) is 44.3 Å². The van der Waals surface area contributed by atoms with Crippen LogP contribution in [0.3, 0.4) is 0 Å². The van der Waals surface area contributed by atoms with Gasteiger partial charge in [0.1, 0.15) is 77.7 Å². The number of esters is 7. The van der Waals surface area contributed by atoms with Gasteiger partial charge in [-0.1, -0.05) is 129 Å². The average molecular weight is 1720 g/mol. The molecule has 20 rings (SSSR count). The zero-order valence-electron chi connectivity index (χ0n) is 63.0. The summed E-state index contributed by atoms with van der Waals surface area (Å²) in [7, 11) is 0. The van der Waals surface area contributed by atoms with Crippen LogP contribution in [0, 0.1) is 0 Å². The van der Waals surface area contributed by atoms with Crippen molar-refractivity contribution in [3.05, 3.63) is 103 Å². The van der Waals surface area contributed by atoms with Gasteiger partial charge in [0, 0.05) is 64.2 Å². The molecule has 5 unspecified atom stereocenters. The standard InChI is InChI=1S/C31H31O6P.C12H15BrO6.C12H16O5.C12H14O5.C10H14O5.C2H2BrClO/c1-30(2)35-26-21-31(20-25(28(26)37-30)34-29(31)33)36-27(32)18-19-38(22-12-6-3-7-13-22,23-14-8-4-9-15-23)24-16-10-5-11-17-24;1-11(2)17-7-4-12(18-8(14)5-13)3-6(9(7)19-11)16-10(12)15;2*1-11(2)15-7-5-12-4-6(10(7)17-11)14-8(12)3-9(13)16-12;1-9(2)14-6-4-10(12)3-5(7(6)15-9)13-8(10)11;3-1-2(4)5/h3-17,19,25-26,28H,18,20-21H2,1-2H3;6-7,9H,3-5H2,1-2H3;6-8,10H,3-5H2,1-2H3;3,6-7,10H,4-5H2,1-2H3;5-7,12H,3-4H2,1-2H3;1H2/t25-,26-,28?,31-;6-,7-,9?,12-;6-,7-,8+,10?,12-;6-,7-,10?,12-;5-,6-,7?,10-;/m11111./s1. The predicted molar refractivity (Wildman–Crippen MR) is 396 cm³/mol. The van der Waals surface area contributed by atoms with Crippen LogP contribution in [0.1, 0.15) is 146 Å². The van der Waals surface area contributed by atoms with Crippen LogP contribution in [-0.4, -0.2) is 223 Å². The van der Waals surface area contributed by atoms with E-state index in [9.17, 15) is 43.5 Å². The molecule has 2 spiro atoms. The monoisotopic (exact) mass is 1710 g/mol. The molecule has 5 aliphatic carbocycles. The minimum atomic E-state index is -2.32. The first-order chi connectivity index (χ1) is 52.3. The number of alkyl halides is 2. The van der Waals surface area contributed by atoms with Crippen molar-refractivity contribution in [1.29, 1.82) is 0 Å². The SMILES string of the molecule is CC1(C)OC2[C@H]3C[C@@](O)(C[C@H]2O1)C(=O)O3.CC1(C)OC2[C@H]3C[C@@](OC(=O)CBr)(C[C@H]2O1)C(=O)O3.CC1(C)OC2[C@H]3C[C@@](OC(=O)CC=P(c4ccccc4)(c4ccccc4)c4ccccc4)(C[C@H]2O1)C(=O)O3.CC1(C)OC2[C@H]3C[C@]4(C[C@H]2O1)OC(=O)C=C4O3.CC1(C)OC2[C@H]3C[C@]4(C[C@H]2O1)OC(=O)C[C@@H]4O3.O=C(Cl)CBr. The van der Waals surface area contributed by atoms with Gasteiger partial charge in [0.25, 0.3) is 0 Å². The third kappa shape index (κ3) is 15.6. The molecule has 111 heavy (non-hydrogen) atoms. The Morgan fingerprint density at radius 2 is 0.820 bits per heavy atom. The number of aliphatic hydroxyl groups is 1. The second-order valence-corrected chi connectivity index (χ2v) is 38.2. The van der Waals surface area contributed by atoms with E-state index in [4.69, 9.17) is 102 Å². The van der Waals surface area contributed by atoms with Crippen LogP contribution in [-0.2, 0) is 128 Å². The smallest absolute Gasteiger partial charge is 0.351 e. The zero-order valence-corrected chi connectivity index (χ0v) is 67.8. The highest BCUT2D eigenvalue weighted by atomic mass is 79.9. The fourth-order valence-corrected chi connectivity index (χ4v) is 23.0. The molecule has 32 heteroatoms. The Morgan fingerprint density at radius 1 is 0.459 bits per heavy atom. The molecule has 0 amide bonds. The summed E-state index contributed by atoms with van der Waals surface area (Å²) in [6.45, 7) is 16.3. The van der Waals surface area contributed by atoms with E-state index in [1.807, 2.05) is 124 Å². The first-order valence-electron chi connectivity index (χ1n) is 37.6. The molecule has 10 bridgehead atoms. The summed E-state index contributed by atoms with van der Waals surface area (Å²) in [5, 5.41) is 13.4. The van der Waals surface area contributed by atoms with Gasteiger partial charge in [-0.2, -0.15) is 0 Å². The summed E-state index contributed by atoms with van der Waals surface area (Å²) in [6, 6.07) is 30.9. The molecular weight excluding hydrogens is 1620 g/mol. The molecule has 3 aromatic rings. The molecule has 0 radical (unpaired) electrons. The van der Waals surface area contributed by atoms with Crippen LogP contribution in [0.25, 0.3) is 0 Å². The van der Waals surface area contributed by atoms with Gasteiger partial charge < -0.3 is 95.1 Å². The van der Waals surface area contributed by atoms with Crippen molar-refractivity contribution < 1.29 is 133 Å². The highest BCUT2D eigenvalue weighted by Crippen LogP contribution is 2.57. The molecule has 3 aromatic carbocycles. The van der Waals surface area contributed by atoms with Crippen molar-refractivity contribution in [3.8, 4) is 0 Å². The van der Waals surface area contributed by atoms with E-state index in [0.717, 1.165) is 22.3 Å². The largest absolute Gasteiger partial charge is 0.487 e. The number of rotatable bonds is 9. The van der Waals surface area contributed by atoms with E-state index in [-0.39, 0.29) is 145 Å². The number of carbonyl (C=O) groups is 8. The molecule has 602 valence electrons. The highest BCUT2D eigenvalue weighted by Gasteiger charge is 2.70. The van der Waals surface area contributed by atoms with Crippen LogP contribution in [0.4, 0.5) is 0 Å². The lowest BCUT2D eigenvalue weighted by atomic mass is 9.80. The van der Waals surface area contributed by atoms with Crippen LogP contribution in [0.5, 0.6) is 0 Å². The first kappa shape index (κ1) is 80.4. The van der Waals surface area contributed by atoms with Gasteiger partial charge in [0.15, 0.2) is 40.1 Å². The van der Waals surface area contributed by atoms with E-state index in [2.05, 4.69) is 74.1 Å². The van der Waals surface area contributed by atoms with Crippen LogP contribution in [0.2, 0.25) is 0 Å². The quantitative estimate of drug-likeness (QED) is 0.0720. The lowest BCUT2D eigenvalue weighted by Crippen LogP contribution is -2.49. The Bertz CT molecular complexity index is 4140. The number of fused-ring (bicyclic) bond motifs is 18. The Hall–Kier alpha value is -5.77. The minimum Gasteiger partial charge on any atom is -0.487 e. The maximum absolute atomic E-state index is 13.5. The maximum Gasteiger partial charge on any atom is 0.351 e. The molecule has 21 atom stereocenters. The number of carbonyl (C=O) groups excluding carboxylic acids is 8. The van der Waals surface area contributed by atoms with Gasteiger partial charge >= 0.3 is 41.8 Å². The first-order valence-corrected chi connectivity index (χ1v) is 42.0. The van der Waals surface area contributed by atoms with Crippen molar-refractivity contribution in [2.24, 2.45) is 0 Å². The lowest BCUT2D eigenvalue weighted by Gasteiger charge is -2.34. The normalized spacial score (nSPS) is 39.8. The van der Waals surface area contributed by atoms with Crippen LogP contribution in [0.15, 0.2) is 103 Å². The predicted octanol–water partition coefficient (Wildman–Crippen LogP) is 7.33. The molecule has 1 N–H and O–H groups in total. The molecule has 28 nitrogen and oxygen atoms in total. The molecule has 12 heterocycles. The van der Waals surface area contributed by atoms with Gasteiger partial charge in [-0.25, -0.2) is 19.2 Å². The van der Waals surface area contributed by atoms with Gasteiger partial charge in [0.05, 0.1) is 60.9 Å². The highest BCUT2D eigenvalue weighted by molar-refractivity contribution is 9.09. The molecule has 12 aliphatic heterocycles. The van der Waals surface area contributed by atoms with Crippen molar-refractivity contribution in [2.45, 2.75) is 301 Å². The van der Waals surface area contributed by atoms with Crippen molar-refractivity contribution in [1.82, 2.24) is 0 Å². The fraction of sp³-hybridized carbons (Fsp3) is 0.633. The summed E-state index contributed by atoms with van der Waals surface area (Å²) in [6.07, 6.45) is 3.11. The fourth-order valence-electron chi connectivity index (χ4n) is 19.0. The number of hydrogen-bond donors (Lipinski definition) is 1. The van der Waals surface area contributed by atoms with Crippen LogP contribution >= 0.6 is 50.3 Å². The maximum atomic E-state index is 13.5. The van der Waals surface area contributed by atoms with Gasteiger partial charge in [0.2, 0.25) is 16.4 Å². The average Bonchev–Trinajstić information content (AvgIpc) is 1.60. The number of benzene rings is 3.